The predicted molar refractivity (Wildman–Crippen MR) is 63.2 cm³/mol. The molecule has 0 heterocycles. The molecular formula is C12H17FN2O. The number of hydrogen-bond donors (Lipinski definition) is 2. The van der Waals surface area contributed by atoms with Crippen molar-refractivity contribution < 1.29 is 9.13 Å². The summed E-state index contributed by atoms with van der Waals surface area (Å²) in [5.74, 6) is 0.179. The van der Waals surface area contributed by atoms with Gasteiger partial charge >= 0.3 is 0 Å². The van der Waals surface area contributed by atoms with Crippen molar-refractivity contribution in [2.24, 2.45) is 0 Å². The van der Waals surface area contributed by atoms with Gasteiger partial charge in [0.15, 0.2) is 0 Å². The van der Waals surface area contributed by atoms with Gasteiger partial charge in [0.1, 0.15) is 11.6 Å². The lowest BCUT2D eigenvalue weighted by atomic mass is 9.78. The van der Waals surface area contributed by atoms with Gasteiger partial charge < -0.3 is 15.8 Å². The van der Waals surface area contributed by atoms with E-state index in [0.29, 0.717) is 17.1 Å². The summed E-state index contributed by atoms with van der Waals surface area (Å²) in [4.78, 5) is 0. The average molecular weight is 224 g/mol. The lowest BCUT2D eigenvalue weighted by Gasteiger charge is -2.40. The van der Waals surface area contributed by atoms with Gasteiger partial charge in [-0.3, -0.25) is 0 Å². The van der Waals surface area contributed by atoms with E-state index in [1.165, 1.54) is 19.6 Å². The van der Waals surface area contributed by atoms with E-state index in [9.17, 15) is 4.39 Å². The van der Waals surface area contributed by atoms with Crippen LogP contribution in [0.4, 0.5) is 15.8 Å². The smallest absolute Gasteiger partial charge is 0.148 e. The Morgan fingerprint density at radius 1 is 1.44 bits per heavy atom. The van der Waals surface area contributed by atoms with E-state index in [2.05, 4.69) is 12.2 Å². The van der Waals surface area contributed by atoms with E-state index in [4.69, 9.17) is 10.5 Å². The summed E-state index contributed by atoms with van der Waals surface area (Å²) < 4.78 is 18.7. The summed E-state index contributed by atoms with van der Waals surface area (Å²) >= 11 is 0. The van der Waals surface area contributed by atoms with E-state index in [-0.39, 0.29) is 11.4 Å². The van der Waals surface area contributed by atoms with Gasteiger partial charge in [-0.15, -0.1) is 0 Å². The van der Waals surface area contributed by atoms with Crippen LogP contribution in [-0.2, 0) is 0 Å². The lowest BCUT2D eigenvalue weighted by Crippen LogP contribution is -2.41. The van der Waals surface area contributed by atoms with Gasteiger partial charge in [0.25, 0.3) is 0 Å². The molecule has 0 bridgehead atoms. The van der Waals surface area contributed by atoms with Crippen molar-refractivity contribution in [3.63, 3.8) is 0 Å². The van der Waals surface area contributed by atoms with Crippen LogP contribution in [0, 0.1) is 5.82 Å². The van der Waals surface area contributed by atoms with E-state index < -0.39 is 0 Å². The number of anilines is 2. The van der Waals surface area contributed by atoms with E-state index in [1.807, 2.05) is 0 Å². The molecule has 3 N–H and O–H groups in total. The number of hydrogen-bond acceptors (Lipinski definition) is 3. The van der Waals surface area contributed by atoms with Gasteiger partial charge in [0.05, 0.1) is 18.5 Å². The first-order chi connectivity index (χ1) is 7.54. The Balaban J connectivity index is 2.26. The molecular weight excluding hydrogens is 207 g/mol. The van der Waals surface area contributed by atoms with Gasteiger partial charge in [0.2, 0.25) is 0 Å². The highest BCUT2D eigenvalue weighted by Gasteiger charge is 2.32. The van der Waals surface area contributed by atoms with Gasteiger partial charge in [-0.05, 0) is 26.2 Å². The highest BCUT2D eigenvalue weighted by molar-refractivity contribution is 5.63. The molecule has 0 unspecified atom stereocenters. The molecule has 0 saturated heterocycles. The lowest BCUT2D eigenvalue weighted by molar-refractivity contribution is 0.305. The molecule has 1 aromatic rings. The van der Waals surface area contributed by atoms with Crippen molar-refractivity contribution in [3.8, 4) is 5.75 Å². The third kappa shape index (κ3) is 1.92. The van der Waals surface area contributed by atoms with Crippen LogP contribution in [0.5, 0.6) is 5.75 Å². The van der Waals surface area contributed by atoms with Gasteiger partial charge in [-0.2, -0.15) is 0 Å². The first-order valence-electron chi connectivity index (χ1n) is 5.45. The Hall–Kier alpha value is -1.45. The molecule has 1 aliphatic rings. The fourth-order valence-corrected chi connectivity index (χ4v) is 2.00. The molecule has 0 aliphatic heterocycles. The van der Waals surface area contributed by atoms with Crippen molar-refractivity contribution in [1.82, 2.24) is 0 Å². The Kier molecular flexibility index (Phi) is 2.66. The molecule has 0 aromatic heterocycles. The van der Waals surface area contributed by atoms with Crippen molar-refractivity contribution in [1.29, 1.82) is 0 Å². The minimum atomic E-state index is -0.327. The van der Waals surface area contributed by atoms with Gasteiger partial charge in [-0.1, -0.05) is 0 Å². The van der Waals surface area contributed by atoms with Crippen LogP contribution < -0.4 is 15.8 Å². The molecule has 2 rings (SSSR count). The number of halogens is 1. The molecule has 1 aromatic carbocycles. The molecule has 0 spiro atoms. The maximum Gasteiger partial charge on any atom is 0.148 e. The van der Waals surface area contributed by atoms with Crippen LogP contribution in [0.3, 0.4) is 0 Å². The molecule has 0 atom stereocenters. The average Bonchev–Trinajstić information content (AvgIpc) is 2.19. The number of methoxy groups -OCH3 is 1. The van der Waals surface area contributed by atoms with E-state index in [0.717, 1.165) is 12.8 Å². The van der Waals surface area contributed by atoms with E-state index in [1.54, 1.807) is 6.07 Å². The van der Waals surface area contributed by atoms with Crippen LogP contribution in [-0.4, -0.2) is 12.6 Å². The van der Waals surface area contributed by atoms with Crippen molar-refractivity contribution in [2.75, 3.05) is 18.2 Å². The molecule has 1 aliphatic carbocycles. The topological polar surface area (TPSA) is 47.3 Å². The minimum absolute atomic E-state index is 0.0158. The molecule has 0 radical (unpaired) electrons. The third-order valence-electron chi connectivity index (χ3n) is 3.21. The third-order valence-corrected chi connectivity index (χ3v) is 3.21. The molecule has 88 valence electrons. The standard InChI is InChI=1S/C12H17FN2O/c1-12(4-3-5-12)15-10-7-11(16-2)9(14)6-8(10)13/h6-7,15H,3-5,14H2,1-2H3. The molecule has 0 amide bonds. The Labute approximate surface area is 94.8 Å². The molecule has 4 heteroatoms. The van der Waals surface area contributed by atoms with Crippen LogP contribution >= 0.6 is 0 Å². The summed E-state index contributed by atoms with van der Waals surface area (Å²) in [6.07, 6.45) is 3.33. The van der Waals surface area contributed by atoms with Crippen LogP contribution in [0.2, 0.25) is 0 Å². The van der Waals surface area contributed by atoms with Crippen LogP contribution in [0.1, 0.15) is 26.2 Å². The second kappa shape index (κ2) is 3.85. The maximum absolute atomic E-state index is 13.7. The SMILES string of the molecule is COc1cc(NC2(C)CCC2)c(F)cc1N. The quantitative estimate of drug-likeness (QED) is 0.776. The summed E-state index contributed by atoms with van der Waals surface area (Å²) in [5.41, 5.74) is 6.42. The zero-order valence-corrected chi connectivity index (χ0v) is 9.64. The highest BCUT2D eigenvalue weighted by atomic mass is 19.1. The molecule has 1 fully saturated rings. The first-order valence-corrected chi connectivity index (χ1v) is 5.45. The second-order valence-corrected chi connectivity index (χ2v) is 4.61. The minimum Gasteiger partial charge on any atom is -0.495 e. The van der Waals surface area contributed by atoms with Crippen LogP contribution in [0.15, 0.2) is 12.1 Å². The summed E-state index contributed by atoms with van der Waals surface area (Å²) in [7, 11) is 1.53. The Morgan fingerprint density at radius 3 is 2.62 bits per heavy atom. The highest BCUT2D eigenvalue weighted by Crippen LogP contribution is 2.37. The normalized spacial score (nSPS) is 17.7. The van der Waals surface area contributed by atoms with Crippen molar-refractivity contribution in [2.45, 2.75) is 31.7 Å². The Morgan fingerprint density at radius 2 is 2.12 bits per heavy atom. The monoisotopic (exact) mass is 224 g/mol. The number of rotatable bonds is 3. The van der Waals surface area contributed by atoms with Crippen LogP contribution in [0.25, 0.3) is 0 Å². The first kappa shape index (κ1) is 11.0. The molecule has 16 heavy (non-hydrogen) atoms. The second-order valence-electron chi connectivity index (χ2n) is 4.61. The summed E-state index contributed by atoms with van der Waals surface area (Å²) in [6.45, 7) is 2.10. The molecule has 1 saturated carbocycles. The molecule has 3 nitrogen and oxygen atoms in total. The number of nitrogens with one attached hydrogen (secondary N) is 1. The zero-order valence-electron chi connectivity index (χ0n) is 9.64. The summed E-state index contributed by atoms with van der Waals surface area (Å²) in [5, 5.41) is 3.21. The number of ether oxygens (including phenoxy) is 1. The fraction of sp³-hybridized carbons (Fsp3) is 0.500. The largest absolute Gasteiger partial charge is 0.495 e. The van der Waals surface area contributed by atoms with Crippen molar-refractivity contribution >= 4 is 11.4 Å². The number of nitrogens with two attached hydrogens (primary N) is 1. The fourth-order valence-electron chi connectivity index (χ4n) is 2.00. The van der Waals surface area contributed by atoms with Crippen molar-refractivity contribution in [3.05, 3.63) is 17.9 Å². The maximum atomic E-state index is 13.7. The van der Waals surface area contributed by atoms with E-state index >= 15 is 0 Å². The summed E-state index contributed by atoms with van der Waals surface area (Å²) in [6, 6.07) is 2.91. The zero-order chi connectivity index (χ0) is 11.8. The predicted octanol–water partition coefficient (Wildman–Crippen LogP) is 2.77. The Bertz CT molecular complexity index is 402. The van der Waals surface area contributed by atoms with Gasteiger partial charge in [0, 0.05) is 17.7 Å². The van der Waals surface area contributed by atoms with Gasteiger partial charge in [-0.25, -0.2) is 4.39 Å². The number of benzene rings is 1. The number of nitrogen functional groups attached to an aromatic ring is 1.